The van der Waals surface area contributed by atoms with Crippen molar-refractivity contribution in [2.45, 2.75) is 0 Å². The zero-order chi connectivity index (χ0) is 14.8. The minimum atomic E-state index is -0.333. The lowest BCUT2D eigenvalue weighted by Crippen LogP contribution is -2.48. The van der Waals surface area contributed by atoms with Gasteiger partial charge in [0.25, 0.3) is 5.91 Å². The van der Waals surface area contributed by atoms with E-state index in [-0.39, 0.29) is 12.5 Å². The number of benzene rings is 1. The van der Waals surface area contributed by atoms with E-state index in [1.807, 2.05) is 12.1 Å². The average molecular weight is 362 g/mol. The molecule has 1 amide bonds. The summed E-state index contributed by atoms with van der Waals surface area (Å²) in [6, 6.07) is 7.24. The van der Waals surface area contributed by atoms with Crippen LogP contribution in [-0.2, 0) is 9.53 Å². The van der Waals surface area contributed by atoms with Crippen molar-refractivity contribution in [2.24, 2.45) is 0 Å². The van der Waals surface area contributed by atoms with Crippen LogP contribution in [0.2, 0.25) is 0 Å². The predicted octanol–water partition coefficient (Wildman–Crippen LogP) is 0.970. The number of hydrazine groups is 1. The topological polar surface area (TPSA) is 71.6 Å². The summed E-state index contributed by atoms with van der Waals surface area (Å²) in [4.78, 5) is 11.5. The lowest BCUT2D eigenvalue weighted by Gasteiger charge is -2.11. The van der Waals surface area contributed by atoms with Crippen LogP contribution >= 0.6 is 28.1 Å². The molecule has 1 aromatic rings. The number of halogens is 1. The maximum Gasteiger partial charge on any atom is 0.276 e. The third kappa shape index (κ3) is 7.27. The first-order chi connectivity index (χ1) is 9.61. The number of ether oxygens (including phenoxy) is 2. The number of methoxy groups -OCH3 is 1. The van der Waals surface area contributed by atoms with E-state index in [0.29, 0.717) is 24.0 Å². The van der Waals surface area contributed by atoms with Gasteiger partial charge in [0.1, 0.15) is 5.75 Å². The van der Waals surface area contributed by atoms with Crippen LogP contribution in [0.15, 0.2) is 28.7 Å². The third-order valence-electron chi connectivity index (χ3n) is 2.07. The fourth-order valence-corrected chi connectivity index (χ4v) is 1.71. The van der Waals surface area contributed by atoms with Gasteiger partial charge in [-0.3, -0.25) is 15.6 Å². The highest BCUT2D eigenvalue weighted by atomic mass is 79.9. The molecule has 8 heteroatoms. The number of rotatable bonds is 6. The Morgan fingerprint density at radius 1 is 1.40 bits per heavy atom. The van der Waals surface area contributed by atoms with Crippen molar-refractivity contribution in [1.29, 1.82) is 0 Å². The van der Waals surface area contributed by atoms with Crippen molar-refractivity contribution < 1.29 is 14.3 Å². The van der Waals surface area contributed by atoms with Crippen LogP contribution in [0, 0.1) is 0 Å². The molecule has 0 aliphatic carbocycles. The zero-order valence-electron chi connectivity index (χ0n) is 10.9. The highest BCUT2D eigenvalue weighted by Crippen LogP contribution is 2.17. The van der Waals surface area contributed by atoms with E-state index in [1.54, 1.807) is 19.2 Å². The Morgan fingerprint density at radius 3 is 2.90 bits per heavy atom. The predicted molar refractivity (Wildman–Crippen MR) is 83.4 cm³/mol. The minimum Gasteiger partial charge on any atom is -0.484 e. The van der Waals surface area contributed by atoms with Crippen LogP contribution in [0.3, 0.4) is 0 Å². The summed E-state index contributed by atoms with van der Waals surface area (Å²) in [6.45, 7) is 0.985. The van der Waals surface area contributed by atoms with Crippen LogP contribution in [-0.4, -0.2) is 37.9 Å². The number of nitrogens with one attached hydrogen (secondary N) is 3. The standard InChI is InChI=1S/C12H16BrN3O3S/c1-18-6-5-14-12(20)16-15-11(17)8-19-10-4-2-3-9(13)7-10/h2-4,7H,5-6,8H2,1H3,(H,15,17)(H2,14,16,20). The molecule has 0 radical (unpaired) electrons. The van der Waals surface area contributed by atoms with E-state index in [2.05, 4.69) is 32.1 Å². The van der Waals surface area contributed by atoms with Gasteiger partial charge in [-0.05, 0) is 30.4 Å². The molecule has 6 nitrogen and oxygen atoms in total. The van der Waals surface area contributed by atoms with Crippen LogP contribution in [0.4, 0.5) is 0 Å². The van der Waals surface area contributed by atoms with Gasteiger partial charge in [-0.25, -0.2) is 0 Å². The third-order valence-corrected chi connectivity index (χ3v) is 2.81. The maximum atomic E-state index is 11.5. The zero-order valence-corrected chi connectivity index (χ0v) is 13.3. The molecular formula is C12H16BrN3O3S. The SMILES string of the molecule is COCCNC(=S)NNC(=O)COc1cccc(Br)c1. The van der Waals surface area contributed by atoms with E-state index in [0.717, 1.165) is 4.47 Å². The number of hydrogen-bond acceptors (Lipinski definition) is 4. The number of hydrogen-bond donors (Lipinski definition) is 3. The summed E-state index contributed by atoms with van der Waals surface area (Å²) >= 11 is 8.26. The Hall–Kier alpha value is -1.38. The average Bonchev–Trinajstić information content (AvgIpc) is 2.43. The van der Waals surface area contributed by atoms with Gasteiger partial charge in [0.2, 0.25) is 0 Å². The molecule has 0 bridgehead atoms. The molecule has 0 unspecified atom stereocenters. The molecule has 0 aliphatic heterocycles. The first kappa shape index (κ1) is 16.7. The maximum absolute atomic E-state index is 11.5. The van der Waals surface area contributed by atoms with Crippen LogP contribution < -0.4 is 20.9 Å². The second-order valence-electron chi connectivity index (χ2n) is 3.67. The summed E-state index contributed by atoms with van der Waals surface area (Å²) in [6.07, 6.45) is 0. The van der Waals surface area contributed by atoms with E-state index >= 15 is 0 Å². The number of carbonyl (C=O) groups is 1. The molecule has 110 valence electrons. The number of carbonyl (C=O) groups excluding carboxylic acids is 1. The van der Waals surface area contributed by atoms with Gasteiger partial charge < -0.3 is 14.8 Å². The Kier molecular flexibility index (Phi) is 7.93. The smallest absolute Gasteiger partial charge is 0.276 e. The molecule has 0 aromatic heterocycles. The molecule has 20 heavy (non-hydrogen) atoms. The number of thiocarbonyl (C=S) groups is 1. The fourth-order valence-electron chi connectivity index (χ4n) is 1.18. The number of amides is 1. The van der Waals surface area contributed by atoms with Crippen molar-refractivity contribution in [3.8, 4) is 5.75 Å². The normalized spacial score (nSPS) is 9.70. The van der Waals surface area contributed by atoms with Gasteiger partial charge in [-0.2, -0.15) is 0 Å². The van der Waals surface area contributed by atoms with Crippen molar-refractivity contribution in [1.82, 2.24) is 16.2 Å². The first-order valence-corrected chi connectivity index (χ1v) is 7.02. The monoisotopic (exact) mass is 361 g/mol. The Balaban J connectivity index is 2.19. The Labute approximate surface area is 131 Å². The van der Waals surface area contributed by atoms with Crippen LogP contribution in [0.25, 0.3) is 0 Å². The van der Waals surface area contributed by atoms with Crippen LogP contribution in [0.1, 0.15) is 0 Å². The summed E-state index contributed by atoms with van der Waals surface area (Å²) in [5.74, 6) is 0.274. The van der Waals surface area contributed by atoms with Crippen LogP contribution in [0.5, 0.6) is 5.75 Å². The van der Waals surface area contributed by atoms with Crippen molar-refractivity contribution in [3.63, 3.8) is 0 Å². The van der Waals surface area contributed by atoms with Gasteiger partial charge in [0.05, 0.1) is 6.61 Å². The van der Waals surface area contributed by atoms with Gasteiger partial charge in [-0.15, -0.1) is 0 Å². The molecule has 0 spiro atoms. The summed E-state index contributed by atoms with van der Waals surface area (Å²) in [7, 11) is 1.60. The molecule has 0 atom stereocenters. The van der Waals surface area contributed by atoms with Crippen molar-refractivity contribution in [3.05, 3.63) is 28.7 Å². The van der Waals surface area contributed by atoms with Gasteiger partial charge >= 0.3 is 0 Å². The highest BCUT2D eigenvalue weighted by Gasteiger charge is 2.03. The van der Waals surface area contributed by atoms with E-state index < -0.39 is 0 Å². The molecule has 3 N–H and O–H groups in total. The molecule has 0 heterocycles. The molecule has 1 aromatic carbocycles. The lowest BCUT2D eigenvalue weighted by molar-refractivity contribution is -0.123. The second kappa shape index (κ2) is 9.51. The molecule has 0 aliphatic rings. The Morgan fingerprint density at radius 2 is 2.20 bits per heavy atom. The summed E-state index contributed by atoms with van der Waals surface area (Å²) < 4.78 is 11.1. The second-order valence-corrected chi connectivity index (χ2v) is 4.99. The van der Waals surface area contributed by atoms with Crippen molar-refractivity contribution >= 4 is 39.2 Å². The van der Waals surface area contributed by atoms with E-state index in [1.165, 1.54) is 0 Å². The first-order valence-electron chi connectivity index (χ1n) is 5.82. The van der Waals surface area contributed by atoms with E-state index in [4.69, 9.17) is 21.7 Å². The molecular weight excluding hydrogens is 346 g/mol. The molecule has 0 fully saturated rings. The Bertz CT molecular complexity index is 459. The van der Waals surface area contributed by atoms with Gasteiger partial charge in [0, 0.05) is 18.1 Å². The quantitative estimate of drug-likeness (QED) is 0.398. The summed E-state index contributed by atoms with van der Waals surface area (Å²) in [5, 5.41) is 3.17. The van der Waals surface area contributed by atoms with Gasteiger partial charge in [0.15, 0.2) is 11.7 Å². The highest BCUT2D eigenvalue weighted by molar-refractivity contribution is 9.10. The molecule has 0 saturated heterocycles. The van der Waals surface area contributed by atoms with Crippen molar-refractivity contribution in [2.75, 3.05) is 26.9 Å². The molecule has 0 saturated carbocycles. The lowest BCUT2D eigenvalue weighted by atomic mass is 10.3. The minimum absolute atomic E-state index is 0.107. The van der Waals surface area contributed by atoms with Gasteiger partial charge in [-0.1, -0.05) is 22.0 Å². The largest absolute Gasteiger partial charge is 0.484 e. The van der Waals surface area contributed by atoms with E-state index in [9.17, 15) is 4.79 Å². The molecule has 1 rings (SSSR count). The fraction of sp³-hybridized carbons (Fsp3) is 0.333. The summed E-state index contributed by atoms with van der Waals surface area (Å²) in [5.41, 5.74) is 4.99.